The van der Waals surface area contributed by atoms with Crippen LogP contribution in [0.15, 0.2) is 41.0 Å². The number of nitrogens with zero attached hydrogens (tertiary/aromatic N) is 1. The number of benzene rings is 1. The Bertz CT molecular complexity index is 611. The van der Waals surface area contributed by atoms with Gasteiger partial charge in [-0.05, 0) is 50.7 Å². The van der Waals surface area contributed by atoms with Crippen molar-refractivity contribution in [2.24, 2.45) is 0 Å². The number of halogens is 1. The van der Waals surface area contributed by atoms with Crippen LogP contribution in [0.2, 0.25) is 0 Å². The first kappa shape index (κ1) is 15.3. The van der Waals surface area contributed by atoms with Gasteiger partial charge in [-0.3, -0.25) is 9.69 Å². The van der Waals surface area contributed by atoms with Gasteiger partial charge in [-0.1, -0.05) is 6.07 Å². The Morgan fingerprint density at radius 2 is 2.19 bits per heavy atom. The molecule has 0 saturated carbocycles. The lowest BCUT2D eigenvalue weighted by Gasteiger charge is -2.22. The lowest BCUT2D eigenvalue weighted by molar-refractivity contribution is -0.120. The van der Waals surface area contributed by atoms with Gasteiger partial charge in [0.15, 0.2) is 0 Å². The number of carbonyl (C=O) groups excluding carboxylic acids is 1. The van der Waals surface area contributed by atoms with E-state index < -0.39 is 0 Å². The first-order chi connectivity index (χ1) is 9.97. The molecule has 0 spiro atoms. The zero-order chi connectivity index (χ0) is 15.4. The second-order valence-electron chi connectivity index (χ2n) is 5.12. The molecular weight excluding hydrogens is 271 g/mol. The third-order valence-corrected chi connectivity index (χ3v) is 3.47. The van der Waals surface area contributed by atoms with Crippen LogP contribution in [0.3, 0.4) is 0 Å². The maximum Gasteiger partial charge on any atom is 0.241 e. The van der Waals surface area contributed by atoms with E-state index in [9.17, 15) is 9.18 Å². The first-order valence-corrected chi connectivity index (χ1v) is 6.77. The summed E-state index contributed by atoms with van der Waals surface area (Å²) in [5.41, 5.74) is 1.01. The average Bonchev–Trinajstić information content (AvgIpc) is 2.94. The van der Waals surface area contributed by atoms with Crippen LogP contribution in [0.1, 0.15) is 18.2 Å². The van der Waals surface area contributed by atoms with Gasteiger partial charge in [-0.15, -0.1) is 0 Å². The number of amides is 1. The summed E-state index contributed by atoms with van der Waals surface area (Å²) >= 11 is 0. The van der Waals surface area contributed by atoms with E-state index in [1.165, 1.54) is 6.07 Å². The van der Waals surface area contributed by atoms with Gasteiger partial charge in [0, 0.05) is 5.69 Å². The van der Waals surface area contributed by atoms with Gasteiger partial charge in [-0.2, -0.15) is 0 Å². The fourth-order valence-corrected chi connectivity index (χ4v) is 1.90. The van der Waals surface area contributed by atoms with Crippen molar-refractivity contribution >= 4 is 11.6 Å². The smallest absolute Gasteiger partial charge is 0.241 e. The molecule has 2 rings (SSSR count). The Labute approximate surface area is 123 Å². The second kappa shape index (κ2) is 6.54. The summed E-state index contributed by atoms with van der Waals surface area (Å²) in [5, 5.41) is 2.72. The van der Waals surface area contributed by atoms with E-state index in [-0.39, 0.29) is 17.8 Å². The molecule has 4 nitrogen and oxygen atoms in total. The molecule has 0 radical (unpaired) electrons. The second-order valence-corrected chi connectivity index (χ2v) is 5.12. The average molecular weight is 290 g/mol. The monoisotopic (exact) mass is 290 g/mol. The molecule has 1 atom stereocenters. The minimum atomic E-state index is -0.362. The molecule has 1 aromatic heterocycles. The summed E-state index contributed by atoms with van der Waals surface area (Å²) in [6.45, 7) is 4.01. The third-order valence-electron chi connectivity index (χ3n) is 3.47. The van der Waals surface area contributed by atoms with Crippen LogP contribution in [-0.2, 0) is 11.3 Å². The molecule has 1 heterocycles. The van der Waals surface area contributed by atoms with Crippen molar-refractivity contribution < 1.29 is 13.6 Å². The van der Waals surface area contributed by atoms with Crippen LogP contribution in [0.25, 0.3) is 0 Å². The summed E-state index contributed by atoms with van der Waals surface area (Å²) in [7, 11) is 1.84. The lowest BCUT2D eigenvalue weighted by atomic mass is 10.2. The van der Waals surface area contributed by atoms with Crippen molar-refractivity contribution in [2.75, 3.05) is 12.4 Å². The minimum absolute atomic E-state index is 0.188. The van der Waals surface area contributed by atoms with Crippen LogP contribution in [0.4, 0.5) is 10.1 Å². The predicted octanol–water partition coefficient (Wildman–Crippen LogP) is 3.19. The number of furan rings is 1. The van der Waals surface area contributed by atoms with Crippen molar-refractivity contribution in [1.82, 2.24) is 4.90 Å². The number of rotatable bonds is 5. The van der Waals surface area contributed by atoms with Crippen LogP contribution >= 0.6 is 0 Å². The van der Waals surface area contributed by atoms with Crippen LogP contribution < -0.4 is 5.32 Å². The molecule has 0 aliphatic heterocycles. The molecule has 2 aromatic rings. The van der Waals surface area contributed by atoms with E-state index in [0.717, 1.165) is 5.76 Å². The van der Waals surface area contributed by atoms with E-state index in [1.54, 1.807) is 32.2 Å². The zero-order valence-electron chi connectivity index (χ0n) is 12.4. The van der Waals surface area contributed by atoms with Crippen molar-refractivity contribution in [2.45, 2.75) is 26.4 Å². The van der Waals surface area contributed by atoms with Crippen molar-refractivity contribution in [1.29, 1.82) is 0 Å². The molecule has 0 fully saturated rings. The van der Waals surface area contributed by atoms with Gasteiger partial charge in [0.25, 0.3) is 0 Å². The Kier molecular flexibility index (Phi) is 4.75. The van der Waals surface area contributed by atoms with Crippen LogP contribution in [-0.4, -0.2) is 23.9 Å². The van der Waals surface area contributed by atoms with E-state index in [0.29, 0.717) is 17.8 Å². The molecule has 1 amide bonds. The first-order valence-electron chi connectivity index (χ1n) is 6.77. The standard InChI is InChI=1S/C16H19FN2O2/c1-11-6-7-13(9-15(11)17)18-16(20)12(2)19(3)10-14-5-4-8-21-14/h4-9,12H,10H2,1-3H3,(H,18,20). The summed E-state index contributed by atoms with van der Waals surface area (Å²) in [6.07, 6.45) is 1.60. The number of likely N-dealkylation sites (N-methyl/N-ethyl adjacent to an activating group) is 1. The predicted molar refractivity (Wildman–Crippen MR) is 79.4 cm³/mol. The zero-order valence-corrected chi connectivity index (χ0v) is 12.4. The number of carbonyl (C=O) groups is 1. The Hall–Kier alpha value is -2.14. The Balaban J connectivity index is 1.96. The highest BCUT2D eigenvalue weighted by atomic mass is 19.1. The molecule has 0 aliphatic carbocycles. The number of hydrogen-bond acceptors (Lipinski definition) is 3. The minimum Gasteiger partial charge on any atom is -0.468 e. The Morgan fingerprint density at radius 3 is 2.81 bits per heavy atom. The Morgan fingerprint density at radius 1 is 1.43 bits per heavy atom. The molecule has 1 unspecified atom stereocenters. The fourth-order valence-electron chi connectivity index (χ4n) is 1.90. The maximum atomic E-state index is 13.5. The highest BCUT2D eigenvalue weighted by molar-refractivity contribution is 5.94. The van der Waals surface area contributed by atoms with E-state index in [4.69, 9.17) is 4.42 Å². The molecule has 0 aliphatic rings. The van der Waals surface area contributed by atoms with Gasteiger partial charge in [0.1, 0.15) is 11.6 Å². The van der Waals surface area contributed by atoms with Crippen molar-refractivity contribution in [3.63, 3.8) is 0 Å². The molecule has 1 N–H and O–H groups in total. The van der Waals surface area contributed by atoms with Gasteiger partial charge in [0.05, 0.1) is 18.8 Å². The molecular formula is C16H19FN2O2. The van der Waals surface area contributed by atoms with Crippen LogP contribution in [0.5, 0.6) is 0 Å². The quantitative estimate of drug-likeness (QED) is 0.920. The highest BCUT2D eigenvalue weighted by Crippen LogP contribution is 2.15. The summed E-state index contributed by atoms with van der Waals surface area (Å²) in [5.74, 6) is 0.273. The molecule has 21 heavy (non-hydrogen) atoms. The van der Waals surface area contributed by atoms with Gasteiger partial charge in [-0.25, -0.2) is 4.39 Å². The highest BCUT2D eigenvalue weighted by Gasteiger charge is 2.19. The molecule has 1 aromatic carbocycles. The van der Waals surface area contributed by atoms with Crippen LogP contribution in [0, 0.1) is 12.7 Å². The number of anilines is 1. The van der Waals surface area contributed by atoms with E-state index in [2.05, 4.69) is 5.32 Å². The summed E-state index contributed by atoms with van der Waals surface area (Å²) in [4.78, 5) is 14.0. The van der Waals surface area contributed by atoms with E-state index >= 15 is 0 Å². The fraction of sp³-hybridized carbons (Fsp3) is 0.312. The summed E-state index contributed by atoms with van der Waals surface area (Å²) in [6, 6.07) is 7.96. The van der Waals surface area contributed by atoms with Gasteiger partial charge >= 0.3 is 0 Å². The van der Waals surface area contributed by atoms with E-state index in [1.807, 2.05) is 24.1 Å². The topological polar surface area (TPSA) is 45.5 Å². The molecule has 112 valence electrons. The van der Waals surface area contributed by atoms with Crippen molar-refractivity contribution in [3.8, 4) is 0 Å². The SMILES string of the molecule is Cc1ccc(NC(=O)C(C)N(C)Cc2ccco2)cc1F. The largest absolute Gasteiger partial charge is 0.468 e. The normalized spacial score (nSPS) is 12.4. The number of hydrogen-bond donors (Lipinski definition) is 1. The summed E-state index contributed by atoms with van der Waals surface area (Å²) < 4.78 is 18.7. The third kappa shape index (κ3) is 3.92. The number of nitrogens with one attached hydrogen (secondary N) is 1. The molecule has 0 saturated heterocycles. The van der Waals surface area contributed by atoms with Gasteiger partial charge < -0.3 is 9.73 Å². The van der Waals surface area contributed by atoms with Crippen molar-refractivity contribution in [3.05, 3.63) is 53.7 Å². The molecule has 5 heteroatoms. The molecule has 0 bridgehead atoms. The number of aryl methyl sites for hydroxylation is 1. The lowest BCUT2D eigenvalue weighted by Crippen LogP contribution is -2.39. The van der Waals surface area contributed by atoms with Gasteiger partial charge in [0.2, 0.25) is 5.91 Å². The maximum absolute atomic E-state index is 13.5.